The van der Waals surface area contributed by atoms with Crippen molar-refractivity contribution in [1.82, 2.24) is 0 Å². The van der Waals surface area contributed by atoms with Crippen LogP contribution >= 0.6 is 0 Å². The van der Waals surface area contributed by atoms with Gasteiger partial charge in [0.1, 0.15) is 5.58 Å². The van der Waals surface area contributed by atoms with Crippen LogP contribution in [0.1, 0.15) is 21.7 Å². The standard InChI is InChI=1S/C23H20N2O4S/c1-15-7-12-20(16(2)13-15)25-30(27,28)19-10-8-18(9-11-19)24-23(26)22-14-17-5-3-4-6-21(17)29-22/h3-14,25H,1-2H3,(H,24,26). The third kappa shape index (κ3) is 4.06. The lowest BCUT2D eigenvalue weighted by Gasteiger charge is -2.12. The number of fused-ring (bicyclic) bond motifs is 1. The molecular formula is C23H20N2O4S. The summed E-state index contributed by atoms with van der Waals surface area (Å²) in [4.78, 5) is 12.5. The molecule has 0 radical (unpaired) electrons. The minimum absolute atomic E-state index is 0.101. The van der Waals surface area contributed by atoms with Crippen LogP contribution in [0.4, 0.5) is 11.4 Å². The highest BCUT2D eigenvalue weighted by Gasteiger charge is 2.16. The number of aryl methyl sites for hydroxylation is 2. The van der Waals surface area contributed by atoms with Gasteiger partial charge in [-0.2, -0.15) is 0 Å². The Hall–Kier alpha value is -3.58. The monoisotopic (exact) mass is 420 g/mol. The fraction of sp³-hybridized carbons (Fsp3) is 0.0870. The molecule has 30 heavy (non-hydrogen) atoms. The van der Waals surface area contributed by atoms with Crippen LogP contribution in [0, 0.1) is 13.8 Å². The topological polar surface area (TPSA) is 88.4 Å². The van der Waals surface area contributed by atoms with Crippen molar-refractivity contribution in [3.8, 4) is 0 Å². The minimum Gasteiger partial charge on any atom is -0.451 e. The van der Waals surface area contributed by atoms with Gasteiger partial charge in [0.2, 0.25) is 0 Å². The number of para-hydroxylation sites is 1. The Labute approximate surface area is 174 Å². The molecule has 2 N–H and O–H groups in total. The molecule has 0 aliphatic carbocycles. The molecule has 152 valence electrons. The number of rotatable bonds is 5. The Morgan fingerprint density at radius 3 is 2.33 bits per heavy atom. The Balaban J connectivity index is 1.49. The van der Waals surface area contributed by atoms with E-state index < -0.39 is 15.9 Å². The van der Waals surface area contributed by atoms with Gasteiger partial charge in [-0.25, -0.2) is 8.42 Å². The predicted octanol–water partition coefficient (Wildman–Crippen LogP) is 5.10. The highest BCUT2D eigenvalue weighted by Crippen LogP contribution is 2.23. The fourth-order valence-corrected chi connectivity index (χ4v) is 4.27. The molecule has 3 aromatic carbocycles. The van der Waals surface area contributed by atoms with Gasteiger partial charge in [-0.05, 0) is 61.9 Å². The average Bonchev–Trinajstić information content (AvgIpc) is 3.15. The van der Waals surface area contributed by atoms with Crippen LogP contribution in [0.2, 0.25) is 0 Å². The van der Waals surface area contributed by atoms with Gasteiger partial charge < -0.3 is 9.73 Å². The van der Waals surface area contributed by atoms with E-state index in [9.17, 15) is 13.2 Å². The van der Waals surface area contributed by atoms with Crippen molar-refractivity contribution in [3.63, 3.8) is 0 Å². The molecule has 0 spiro atoms. The summed E-state index contributed by atoms with van der Waals surface area (Å²) in [5.74, 6) is -0.223. The van der Waals surface area contributed by atoms with Crippen molar-refractivity contribution < 1.29 is 17.6 Å². The smallest absolute Gasteiger partial charge is 0.291 e. The summed E-state index contributed by atoms with van der Waals surface area (Å²) in [6.45, 7) is 3.80. The lowest BCUT2D eigenvalue weighted by Crippen LogP contribution is -2.14. The highest BCUT2D eigenvalue weighted by atomic mass is 32.2. The summed E-state index contributed by atoms with van der Waals surface area (Å²) in [6, 6.07) is 20.5. The number of hydrogen-bond acceptors (Lipinski definition) is 4. The van der Waals surface area contributed by atoms with Crippen LogP contribution in [0.5, 0.6) is 0 Å². The SMILES string of the molecule is Cc1ccc(NS(=O)(=O)c2ccc(NC(=O)c3cc4ccccc4o3)cc2)c(C)c1. The van der Waals surface area contributed by atoms with Crippen LogP contribution in [0.15, 0.2) is 82.1 Å². The minimum atomic E-state index is -3.74. The van der Waals surface area contributed by atoms with E-state index in [2.05, 4.69) is 10.0 Å². The number of carbonyl (C=O) groups is 1. The molecule has 1 aromatic heterocycles. The quantitative estimate of drug-likeness (QED) is 0.470. The van der Waals surface area contributed by atoms with E-state index in [0.717, 1.165) is 16.5 Å². The summed E-state index contributed by atoms with van der Waals surface area (Å²) < 4.78 is 33.5. The average molecular weight is 420 g/mol. The third-order valence-electron chi connectivity index (χ3n) is 4.70. The summed E-state index contributed by atoms with van der Waals surface area (Å²) in [5, 5.41) is 3.55. The van der Waals surface area contributed by atoms with Crippen LogP contribution in [-0.2, 0) is 10.0 Å². The molecule has 6 nitrogen and oxygen atoms in total. The molecule has 4 aromatic rings. The van der Waals surface area contributed by atoms with Crippen molar-refractivity contribution in [1.29, 1.82) is 0 Å². The zero-order chi connectivity index (χ0) is 21.3. The van der Waals surface area contributed by atoms with Crippen LogP contribution in [0.3, 0.4) is 0 Å². The molecule has 7 heteroatoms. The largest absolute Gasteiger partial charge is 0.451 e. The van der Waals surface area contributed by atoms with E-state index in [1.807, 2.05) is 44.2 Å². The molecule has 1 heterocycles. The zero-order valence-corrected chi connectivity index (χ0v) is 17.3. The van der Waals surface area contributed by atoms with E-state index in [4.69, 9.17) is 4.42 Å². The highest BCUT2D eigenvalue weighted by molar-refractivity contribution is 7.92. The van der Waals surface area contributed by atoms with Crippen LogP contribution in [-0.4, -0.2) is 14.3 Å². The summed E-state index contributed by atoms with van der Waals surface area (Å²) in [6.07, 6.45) is 0. The van der Waals surface area contributed by atoms with E-state index >= 15 is 0 Å². The zero-order valence-electron chi connectivity index (χ0n) is 16.5. The number of amides is 1. The van der Waals surface area contributed by atoms with Crippen molar-refractivity contribution in [2.75, 3.05) is 10.0 Å². The van der Waals surface area contributed by atoms with Crippen LogP contribution < -0.4 is 10.0 Å². The third-order valence-corrected chi connectivity index (χ3v) is 6.08. The maximum atomic E-state index is 12.7. The first-order valence-corrected chi connectivity index (χ1v) is 10.8. The lowest BCUT2D eigenvalue weighted by molar-refractivity contribution is 0.0998. The van der Waals surface area contributed by atoms with E-state index in [1.54, 1.807) is 18.2 Å². The van der Waals surface area contributed by atoms with Crippen molar-refractivity contribution in [2.24, 2.45) is 0 Å². The Morgan fingerprint density at radius 1 is 0.900 bits per heavy atom. The molecule has 1 amide bonds. The molecule has 0 saturated carbocycles. The molecule has 0 fully saturated rings. The van der Waals surface area contributed by atoms with Gasteiger partial charge >= 0.3 is 0 Å². The second-order valence-corrected chi connectivity index (χ2v) is 8.73. The molecule has 0 unspecified atom stereocenters. The molecule has 0 bridgehead atoms. The molecule has 0 atom stereocenters. The Morgan fingerprint density at radius 2 is 1.63 bits per heavy atom. The second-order valence-electron chi connectivity index (χ2n) is 7.05. The number of anilines is 2. The first-order chi connectivity index (χ1) is 14.3. The van der Waals surface area contributed by atoms with Crippen molar-refractivity contribution >= 4 is 38.3 Å². The fourth-order valence-electron chi connectivity index (χ4n) is 3.14. The number of nitrogens with one attached hydrogen (secondary N) is 2. The number of furan rings is 1. The molecule has 0 aliphatic heterocycles. The van der Waals surface area contributed by atoms with E-state index in [0.29, 0.717) is 17.0 Å². The number of sulfonamides is 1. The summed E-state index contributed by atoms with van der Waals surface area (Å²) in [7, 11) is -3.74. The molecular weight excluding hydrogens is 400 g/mol. The normalized spacial score (nSPS) is 11.4. The van der Waals surface area contributed by atoms with Gasteiger partial charge in [0.15, 0.2) is 5.76 Å². The Kier molecular flexibility index (Phi) is 5.05. The van der Waals surface area contributed by atoms with Gasteiger partial charge in [-0.1, -0.05) is 35.9 Å². The molecule has 4 rings (SSSR count). The second kappa shape index (κ2) is 7.68. The maximum absolute atomic E-state index is 12.7. The number of benzene rings is 3. The van der Waals surface area contributed by atoms with Gasteiger partial charge in [-0.15, -0.1) is 0 Å². The van der Waals surface area contributed by atoms with Crippen LogP contribution in [0.25, 0.3) is 11.0 Å². The van der Waals surface area contributed by atoms with Gasteiger partial charge in [0.25, 0.3) is 15.9 Å². The number of hydrogen-bond donors (Lipinski definition) is 2. The summed E-state index contributed by atoms with van der Waals surface area (Å²) >= 11 is 0. The van der Waals surface area contributed by atoms with Gasteiger partial charge in [0.05, 0.1) is 10.6 Å². The van der Waals surface area contributed by atoms with Crippen molar-refractivity contribution in [2.45, 2.75) is 18.7 Å². The van der Waals surface area contributed by atoms with E-state index in [-0.39, 0.29) is 10.7 Å². The van der Waals surface area contributed by atoms with Gasteiger partial charge in [-0.3, -0.25) is 9.52 Å². The first kappa shape index (κ1) is 19.7. The van der Waals surface area contributed by atoms with E-state index in [1.165, 1.54) is 24.3 Å². The van der Waals surface area contributed by atoms with Crippen molar-refractivity contribution in [3.05, 3.63) is 89.7 Å². The Bertz CT molecular complexity index is 1310. The molecule has 0 aliphatic rings. The lowest BCUT2D eigenvalue weighted by atomic mass is 10.1. The predicted molar refractivity (Wildman–Crippen MR) is 117 cm³/mol. The maximum Gasteiger partial charge on any atom is 0.291 e. The first-order valence-electron chi connectivity index (χ1n) is 9.32. The van der Waals surface area contributed by atoms with Gasteiger partial charge in [0, 0.05) is 11.1 Å². The summed E-state index contributed by atoms with van der Waals surface area (Å²) in [5.41, 5.74) is 3.52. The molecule has 0 saturated heterocycles. The number of carbonyl (C=O) groups excluding carboxylic acids is 1.